The van der Waals surface area contributed by atoms with E-state index in [-0.39, 0.29) is 18.0 Å². The second-order valence-electron chi connectivity index (χ2n) is 4.51. The van der Waals surface area contributed by atoms with Gasteiger partial charge in [-0.25, -0.2) is 9.78 Å². The fourth-order valence-electron chi connectivity index (χ4n) is 1.96. The van der Waals surface area contributed by atoms with E-state index >= 15 is 0 Å². The van der Waals surface area contributed by atoms with Gasteiger partial charge in [-0.05, 0) is 30.3 Å². The maximum Gasteiger partial charge on any atom is 0.338 e. The molecule has 110 valence electrons. The minimum absolute atomic E-state index is 0.288. The first-order chi connectivity index (χ1) is 10.6. The van der Waals surface area contributed by atoms with Crippen molar-refractivity contribution >= 4 is 34.5 Å². The van der Waals surface area contributed by atoms with Crippen molar-refractivity contribution in [3.63, 3.8) is 0 Å². The monoisotopic (exact) mass is 315 g/mol. The number of halogens is 1. The lowest BCUT2D eigenvalue weighted by molar-refractivity contribution is 0.0475. The summed E-state index contributed by atoms with van der Waals surface area (Å²) in [5, 5.41) is 0.326. The third-order valence-electron chi connectivity index (χ3n) is 3.08. The minimum Gasteiger partial charge on any atom is -0.454 e. The molecular formula is C16H10ClNO4. The number of hydrogen-bond donors (Lipinski definition) is 0. The molecule has 0 saturated heterocycles. The summed E-state index contributed by atoms with van der Waals surface area (Å²) in [5.74, 6) is -0.974. The number of oxazole rings is 1. The van der Waals surface area contributed by atoms with E-state index in [1.165, 1.54) is 12.5 Å². The summed E-state index contributed by atoms with van der Waals surface area (Å²) >= 11 is 5.92. The van der Waals surface area contributed by atoms with Crippen LogP contribution >= 0.6 is 11.6 Å². The summed E-state index contributed by atoms with van der Waals surface area (Å²) in [6.45, 7) is -0.378. The Bertz CT molecular complexity index is 856. The number of esters is 1. The normalized spacial score (nSPS) is 10.6. The summed E-state index contributed by atoms with van der Waals surface area (Å²) in [4.78, 5) is 27.9. The van der Waals surface area contributed by atoms with Gasteiger partial charge < -0.3 is 9.15 Å². The van der Waals surface area contributed by atoms with Crippen LogP contribution in [0.3, 0.4) is 0 Å². The Morgan fingerprint density at radius 1 is 1.18 bits per heavy atom. The topological polar surface area (TPSA) is 69.4 Å². The van der Waals surface area contributed by atoms with E-state index in [1.54, 1.807) is 36.4 Å². The van der Waals surface area contributed by atoms with Gasteiger partial charge in [0.15, 0.2) is 18.6 Å². The minimum atomic E-state index is -0.612. The predicted octanol–water partition coefficient (Wildman–Crippen LogP) is 3.52. The Labute approximate surface area is 130 Å². The van der Waals surface area contributed by atoms with Gasteiger partial charge in [0.1, 0.15) is 5.52 Å². The molecule has 1 heterocycles. The largest absolute Gasteiger partial charge is 0.454 e. The predicted molar refractivity (Wildman–Crippen MR) is 80.1 cm³/mol. The molecule has 1 aromatic heterocycles. The molecule has 0 bridgehead atoms. The molecule has 0 radical (unpaired) electrons. The van der Waals surface area contributed by atoms with E-state index in [4.69, 9.17) is 20.8 Å². The van der Waals surface area contributed by atoms with Gasteiger partial charge in [0.2, 0.25) is 5.78 Å². The van der Waals surface area contributed by atoms with E-state index < -0.39 is 5.97 Å². The number of carbonyl (C=O) groups excluding carboxylic acids is 2. The van der Waals surface area contributed by atoms with Crippen LogP contribution in [0.2, 0.25) is 5.02 Å². The molecule has 6 heteroatoms. The molecular weight excluding hydrogens is 306 g/mol. The molecule has 0 N–H and O–H groups in total. The van der Waals surface area contributed by atoms with Crippen molar-refractivity contribution in [2.24, 2.45) is 0 Å². The molecule has 2 aromatic carbocycles. The van der Waals surface area contributed by atoms with Crippen molar-refractivity contribution in [3.05, 3.63) is 65.0 Å². The van der Waals surface area contributed by atoms with Crippen LogP contribution in [-0.4, -0.2) is 23.3 Å². The highest BCUT2D eigenvalue weighted by molar-refractivity contribution is 6.34. The molecule has 0 saturated carbocycles. The Morgan fingerprint density at radius 3 is 2.82 bits per heavy atom. The first kappa shape index (κ1) is 14.3. The number of Topliss-reactive ketones (excluding diaryl/α,β-unsaturated/α-hetero) is 1. The third kappa shape index (κ3) is 2.84. The van der Waals surface area contributed by atoms with Crippen LogP contribution in [0.4, 0.5) is 0 Å². The first-order valence-electron chi connectivity index (χ1n) is 6.43. The molecule has 0 aliphatic carbocycles. The van der Waals surface area contributed by atoms with Gasteiger partial charge in [-0.2, -0.15) is 0 Å². The van der Waals surface area contributed by atoms with Crippen LogP contribution in [0.25, 0.3) is 11.1 Å². The van der Waals surface area contributed by atoms with Crippen molar-refractivity contribution < 1.29 is 18.7 Å². The van der Waals surface area contributed by atoms with Crippen LogP contribution in [0.15, 0.2) is 53.3 Å². The van der Waals surface area contributed by atoms with Crippen molar-refractivity contribution in [2.45, 2.75) is 0 Å². The van der Waals surface area contributed by atoms with Crippen LogP contribution in [0.5, 0.6) is 0 Å². The summed E-state index contributed by atoms with van der Waals surface area (Å²) in [6, 6.07) is 11.3. The molecule has 0 spiro atoms. The lowest BCUT2D eigenvalue weighted by Gasteiger charge is -2.05. The summed E-state index contributed by atoms with van der Waals surface area (Å²) < 4.78 is 10.1. The molecule has 5 nitrogen and oxygen atoms in total. The van der Waals surface area contributed by atoms with Crippen molar-refractivity contribution in [1.29, 1.82) is 0 Å². The van der Waals surface area contributed by atoms with Gasteiger partial charge in [0.25, 0.3) is 0 Å². The van der Waals surface area contributed by atoms with Crippen LogP contribution in [0.1, 0.15) is 20.7 Å². The Balaban J connectivity index is 1.69. The van der Waals surface area contributed by atoms with Crippen LogP contribution in [-0.2, 0) is 4.74 Å². The average Bonchev–Trinajstić information content (AvgIpc) is 3.00. The van der Waals surface area contributed by atoms with Gasteiger partial charge in [0.05, 0.1) is 10.6 Å². The molecule has 0 aliphatic heterocycles. The number of rotatable bonds is 4. The zero-order chi connectivity index (χ0) is 15.5. The second kappa shape index (κ2) is 5.99. The van der Waals surface area contributed by atoms with Gasteiger partial charge in [0, 0.05) is 5.56 Å². The number of fused-ring (bicyclic) bond motifs is 1. The highest BCUT2D eigenvalue weighted by Gasteiger charge is 2.14. The molecule has 3 aromatic rings. The SMILES string of the molecule is O=C(OCC(=O)c1ccccc1Cl)c1ccc2ncoc2c1. The number of carbonyl (C=O) groups is 2. The fraction of sp³-hybridized carbons (Fsp3) is 0.0625. The third-order valence-corrected chi connectivity index (χ3v) is 3.41. The Kier molecular flexibility index (Phi) is 3.89. The number of ether oxygens (including phenoxy) is 1. The lowest BCUT2D eigenvalue weighted by Crippen LogP contribution is -2.14. The first-order valence-corrected chi connectivity index (χ1v) is 6.81. The van der Waals surface area contributed by atoms with Gasteiger partial charge in [-0.3, -0.25) is 4.79 Å². The van der Waals surface area contributed by atoms with Crippen LogP contribution in [0, 0.1) is 0 Å². The average molecular weight is 316 g/mol. The molecule has 22 heavy (non-hydrogen) atoms. The lowest BCUT2D eigenvalue weighted by atomic mass is 10.1. The zero-order valence-corrected chi connectivity index (χ0v) is 12.0. The summed E-state index contributed by atoms with van der Waals surface area (Å²) in [7, 11) is 0. The number of aromatic nitrogens is 1. The van der Waals surface area contributed by atoms with E-state index in [1.807, 2.05) is 0 Å². The van der Waals surface area contributed by atoms with Gasteiger partial charge >= 0.3 is 5.97 Å². The molecule has 0 amide bonds. The molecule has 0 unspecified atom stereocenters. The number of hydrogen-bond acceptors (Lipinski definition) is 5. The Morgan fingerprint density at radius 2 is 2.00 bits per heavy atom. The van der Waals surface area contributed by atoms with Crippen molar-refractivity contribution in [1.82, 2.24) is 4.98 Å². The van der Waals surface area contributed by atoms with E-state index in [2.05, 4.69) is 4.98 Å². The maximum absolute atomic E-state index is 12.0. The molecule has 3 rings (SSSR count). The Hall–Kier alpha value is -2.66. The van der Waals surface area contributed by atoms with Crippen molar-refractivity contribution in [2.75, 3.05) is 6.61 Å². The standard InChI is InChI=1S/C16H10ClNO4/c17-12-4-2-1-3-11(12)14(19)8-21-16(20)10-5-6-13-15(7-10)22-9-18-13/h1-7,9H,8H2. The highest BCUT2D eigenvalue weighted by atomic mass is 35.5. The number of ketones is 1. The van der Waals surface area contributed by atoms with Gasteiger partial charge in [-0.15, -0.1) is 0 Å². The quantitative estimate of drug-likeness (QED) is 0.544. The number of nitrogens with zero attached hydrogens (tertiary/aromatic N) is 1. The van der Waals surface area contributed by atoms with Crippen LogP contribution < -0.4 is 0 Å². The molecule has 0 atom stereocenters. The molecule has 0 fully saturated rings. The van der Waals surface area contributed by atoms with Crippen molar-refractivity contribution in [3.8, 4) is 0 Å². The van der Waals surface area contributed by atoms with E-state index in [9.17, 15) is 9.59 Å². The van der Waals surface area contributed by atoms with E-state index in [0.29, 0.717) is 21.7 Å². The summed E-state index contributed by atoms with van der Waals surface area (Å²) in [6.07, 6.45) is 1.29. The smallest absolute Gasteiger partial charge is 0.338 e. The molecule has 0 aliphatic rings. The maximum atomic E-state index is 12.0. The van der Waals surface area contributed by atoms with Gasteiger partial charge in [-0.1, -0.05) is 23.7 Å². The second-order valence-corrected chi connectivity index (χ2v) is 4.92. The fourth-order valence-corrected chi connectivity index (χ4v) is 2.20. The highest BCUT2D eigenvalue weighted by Crippen LogP contribution is 2.17. The number of benzene rings is 2. The van der Waals surface area contributed by atoms with E-state index in [0.717, 1.165) is 0 Å². The zero-order valence-electron chi connectivity index (χ0n) is 11.3. The summed E-state index contributed by atoms with van der Waals surface area (Å²) in [5.41, 5.74) is 1.73.